The van der Waals surface area contributed by atoms with Crippen LogP contribution in [0.4, 0.5) is 4.79 Å². The average molecular weight is 465 g/mol. The lowest BCUT2D eigenvalue weighted by atomic mass is 9.82. The van der Waals surface area contributed by atoms with Gasteiger partial charge in [0.05, 0.1) is 23.4 Å². The summed E-state index contributed by atoms with van der Waals surface area (Å²) >= 11 is 2.71. The first kappa shape index (κ1) is 20.4. The minimum atomic E-state index is -1.02. The van der Waals surface area contributed by atoms with E-state index < -0.39 is 23.5 Å². The zero-order valence-electron chi connectivity index (χ0n) is 16.7. The number of amides is 1. The fourth-order valence-electron chi connectivity index (χ4n) is 4.86. The maximum Gasteiger partial charge on any atom is 0.404 e. The minimum absolute atomic E-state index is 0.103. The van der Waals surface area contributed by atoms with E-state index in [1.165, 1.54) is 30.2 Å². The highest BCUT2D eigenvalue weighted by atomic mass is 32.2. The van der Waals surface area contributed by atoms with Crippen LogP contribution in [-0.4, -0.2) is 76.6 Å². The van der Waals surface area contributed by atoms with Crippen molar-refractivity contribution in [1.29, 1.82) is 0 Å². The molecule has 4 atom stereocenters. The SMILES string of the molecule is CO[C@@]12[C@H](COC(N)=O)C3=C(C(=O)C(CSc4nnc(C)s4)=C(N)C3=O)N1C[C@@H]1N[C@@H]12. The van der Waals surface area contributed by atoms with E-state index in [1.807, 2.05) is 11.8 Å². The van der Waals surface area contributed by atoms with E-state index in [1.54, 1.807) is 0 Å². The van der Waals surface area contributed by atoms with Gasteiger partial charge in [-0.2, -0.15) is 0 Å². The fourth-order valence-corrected chi connectivity index (χ4v) is 6.70. The Morgan fingerprint density at radius 3 is 2.81 bits per heavy atom. The Bertz CT molecular complexity index is 1080. The molecule has 1 aromatic heterocycles. The zero-order valence-corrected chi connectivity index (χ0v) is 18.3. The molecule has 1 aliphatic carbocycles. The monoisotopic (exact) mass is 464 g/mol. The second-order valence-electron chi connectivity index (χ2n) is 7.69. The maximum absolute atomic E-state index is 13.6. The number of methoxy groups -OCH3 is 1. The van der Waals surface area contributed by atoms with Gasteiger partial charge >= 0.3 is 6.09 Å². The van der Waals surface area contributed by atoms with Crippen molar-refractivity contribution in [1.82, 2.24) is 20.4 Å². The van der Waals surface area contributed by atoms with Crippen LogP contribution in [0.2, 0.25) is 0 Å². The number of allylic oxidation sites excluding steroid dienone is 2. The van der Waals surface area contributed by atoms with Crippen molar-refractivity contribution in [2.75, 3.05) is 26.0 Å². The molecule has 3 aliphatic heterocycles. The second-order valence-corrected chi connectivity index (χ2v) is 10.1. The number of thioether (sulfide) groups is 1. The van der Waals surface area contributed by atoms with Crippen molar-refractivity contribution in [3.05, 3.63) is 27.5 Å². The van der Waals surface area contributed by atoms with Crippen LogP contribution in [0, 0.1) is 12.8 Å². The van der Waals surface area contributed by atoms with Gasteiger partial charge in [-0.25, -0.2) is 4.79 Å². The van der Waals surface area contributed by atoms with E-state index in [9.17, 15) is 14.4 Å². The number of Topliss-reactive ketones (excluding diaryl/α,β-unsaturated/α-hetero) is 2. The summed E-state index contributed by atoms with van der Waals surface area (Å²) in [7, 11) is 1.52. The van der Waals surface area contributed by atoms with Gasteiger partial charge in [-0.05, 0) is 6.92 Å². The molecule has 11 nitrogen and oxygen atoms in total. The molecule has 4 aliphatic rings. The van der Waals surface area contributed by atoms with Gasteiger partial charge in [-0.3, -0.25) is 9.59 Å². The Balaban J connectivity index is 1.51. The highest BCUT2D eigenvalue weighted by Gasteiger charge is 2.72. The van der Waals surface area contributed by atoms with Crippen LogP contribution < -0.4 is 16.8 Å². The summed E-state index contributed by atoms with van der Waals surface area (Å²) in [6.45, 7) is 2.15. The van der Waals surface area contributed by atoms with Gasteiger partial charge in [0, 0.05) is 36.6 Å². The highest BCUT2D eigenvalue weighted by molar-refractivity contribution is 8.01. The van der Waals surface area contributed by atoms with Crippen molar-refractivity contribution >= 4 is 40.8 Å². The predicted octanol–water partition coefficient (Wildman–Crippen LogP) is -0.719. The molecule has 0 aromatic carbocycles. The smallest absolute Gasteiger partial charge is 0.404 e. The molecule has 0 spiro atoms. The highest BCUT2D eigenvalue weighted by Crippen LogP contribution is 2.55. The molecule has 0 saturated carbocycles. The topological polar surface area (TPSA) is 173 Å². The van der Waals surface area contributed by atoms with Crippen molar-refractivity contribution in [2.45, 2.75) is 29.1 Å². The lowest BCUT2D eigenvalue weighted by Gasteiger charge is -2.39. The number of carbonyl (C=O) groups excluding carboxylic acids is 3. The van der Waals surface area contributed by atoms with Gasteiger partial charge in [0.1, 0.15) is 11.6 Å². The number of nitrogens with one attached hydrogen (secondary N) is 1. The summed E-state index contributed by atoms with van der Waals surface area (Å²) in [5.74, 6) is -1.26. The molecule has 164 valence electrons. The van der Waals surface area contributed by atoms with Gasteiger partial charge in [0.25, 0.3) is 0 Å². The maximum atomic E-state index is 13.6. The first-order valence-corrected chi connectivity index (χ1v) is 11.4. The Morgan fingerprint density at radius 1 is 1.39 bits per heavy atom. The Morgan fingerprint density at radius 2 is 2.16 bits per heavy atom. The van der Waals surface area contributed by atoms with Gasteiger partial charge in [0.2, 0.25) is 11.6 Å². The molecule has 0 radical (unpaired) electrons. The number of ether oxygens (including phenoxy) is 2. The Hall–Kier alpha value is -2.48. The number of fused-ring (bicyclic) bond motifs is 4. The molecule has 1 aromatic rings. The van der Waals surface area contributed by atoms with E-state index in [0.29, 0.717) is 10.9 Å². The number of hydrogen-bond acceptors (Lipinski definition) is 12. The predicted molar refractivity (Wildman–Crippen MR) is 110 cm³/mol. The van der Waals surface area contributed by atoms with Crippen LogP contribution in [0.3, 0.4) is 0 Å². The molecule has 0 bridgehead atoms. The molecule has 4 heterocycles. The van der Waals surface area contributed by atoms with Crippen LogP contribution in [0.15, 0.2) is 26.9 Å². The summed E-state index contributed by atoms with van der Waals surface area (Å²) in [6, 6.07) is 0.0204. The molecular formula is C18H20N6O5S2. The lowest BCUT2D eigenvalue weighted by molar-refractivity contribution is -0.137. The number of carbonyl (C=O) groups is 3. The minimum Gasteiger partial charge on any atom is -0.449 e. The number of nitrogens with two attached hydrogens (primary N) is 2. The number of rotatable bonds is 6. The first-order chi connectivity index (χ1) is 14.8. The van der Waals surface area contributed by atoms with Crippen LogP contribution in [-0.2, 0) is 19.1 Å². The van der Waals surface area contributed by atoms with Crippen LogP contribution in [0.1, 0.15) is 5.01 Å². The number of piperazine rings is 1. The quantitative estimate of drug-likeness (QED) is 0.275. The normalized spacial score (nSPS) is 31.2. The average Bonchev–Trinajstić information content (AvgIpc) is 3.12. The van der Waals surface area contributed by atoms with Gasteiger partial charge in [-0.1, -0.05) is 23.1 Å². The van der Waals surface area contributed by atoms with E-state index in [-0.39, 0.29) is 52.8 Å². The number of aryl methyl sites for hydroxylation is 1. The molecular weight excluding hydrogens is 444 g/mol. The van der Waals surface area contributed by atoms with Crippen LogP contribution in [0.25, 0.3) is 0 Å². The van der Waals surface area contributed by atoms with E-state index in [4.69, 9.17) is 20.9 Å². The third-order valence-electron chi connectivity index (χ3n) is 6.18. The van der Waals surface area contributed by atoms with Crippen LogP contribution in [0.5, 0.6) is 0 Å². The standard InChI is InChI=1S/C18H20N6O5S2/c1-6-22-23-17(31-6)30-5-7-11(19)14(26)10-8(4-29-16(20)27)18(28-2)15-9(21-15)3-24(18)12(10)13(7)25/h8-9,15,21H,3-5,19H2,1-2H3,(H2,20,27)/t8-,9+,15+,18-/m1/s1. The van der Waals surface area contributed by atoms with Gasteiger partial charge < -0.3 is 31.2 Å². The van der Waals surface area contributed by atoms with Crippen molar-refractivity contribution in [2.24, 2.45) is 17.4 Å². The first-order valence-electron chi connectivity index (χ1n) is 9.55. The molecule has 0 unspecified atom stereocenters. The molecule has 2 fully saturated rings. The zero-order chi connectivity index (χ0) is 22.1. The fraction of sp³-hybridized carbons (Fsp3) is 0.500. The molecule has 5 rings (SSSR count). The number of ketones is 2. The molecule has 31 heavy (non-hydrogen) atoms. The summed E-state index contributed by atoms with van der Waals surface area (Å²) in [5.41, 5.74) is 10.9. The van der Waals surface area contributed by atoms with Crippen molar-refractivity contribution in [3.63, 3.8) is 0 Å². The van der Waals surface area contributed by atoms with Crippen LogP contribution >= 0.6 is 23.1 Å². The van der Waals surface area contributed by atoms with E-state index in [0.717, 1.165) is 5.01 Å². The number of aromatic nitrogens is 2. The lowest BCUT2D eigenvalue weighted by Crippen LogP contribution is -2.55. The number of primary amides is 1. The molecule has 13 heteroatoms. The summed E-state index contributed by atoms with van der Waals surface area (Å²) in [4.78, 5) is 40.0. The largest absolute Gasteiger partial charge is 0.449 e. The number of hydrogen-bond donors (Lipinski definition) is 3. The van der Waals surface area contributed by atoms with E-state index >= 15 is 0 Å². The van der Waals surface area contributed by atoms with Crippen molar-refractivity contribution < 1.29 is 23.9 Å². The van der Waals surface area contributed by atoms with Gasteiger partial charge in [-0.15, -0.1) is 10.2 Å². The molecule has 1 amide bonds. The second kappa shape index (κ2) is 7.02. The van der Waals surface area contributed by atoms with Crippen molar-refractivity contribution in [3.8, 4) is 0 Å². The Labute approximate surface area is 185 Å². The Kier molecular flexibility index (Phi) is 4.62. The third-order valence-corrected chi connectivity index (χ3v) is 8.18. The summed E-state index contributed by atoms with van der Waals surface area (Å²) in [6.07, 6.45) is -0.965. The molecule has 5 N–H and O–H groups in total. The summed E-state index contributed by atoms with van der Waals surface area (Å²) in [5, 5.41) is 12.1. The summed E-state index contributed by atoms with van der Waals surface area (Å²) < 4.78 is 11.7. The van der Waals surface area contributed by atoms with E-state index in [2.05, 4.69) is 15.5 Å². The van der Waals surface area contributed by atoms with Gasteiger partial charge in [0.15, 0.2) is 10.1 Å². The molecule has 2 saturated heterocycles. The third kappa shape index (κ3) is 2.83. The number of nitrogens with zero attached hydrogens (tertiary/aromatic N) is 3.